The van der Waals surface area contributed by atoms with E-state index in [1.165, 1.54) is 16.7 Å². The van der Waals surface area contributed by atoms with E-state index < -0.39 is 0 Å². The molecule has 1 aromatic heterocycles. The molecule has 2 aromatic carbocycles. The Bertz CT molecular complexity index is 1040. The summed E-state index contributed by atoms with van der Waals surface area (Å²) in [7, 11) is 1.63. The Morgan fingerprint density at radius 2 is 2.00 bits per heavy atom. The molecule has 2 heterocycles. The standard InChI is InChI=1S/C22H20N2O3S/c1-27-16-9-10-17-18(15-6-3-2-4-7-15)13-20(23-19(17)12-16)28-14-22(26)24-11-5-8-21(24)25/h2-4,6-7,9-10,12-13H,5,8,11,14H2,1H3. The van der Waals surface area contributed by atoms with Gasteiger partial charge in [-0.2, -0.15) is 0 Å². The zero-order chi connectivity index (χ0) is 19.5. The van der Waals surface area contributed by atoms with Crippen LogP contribution in [0.1, 0.15) is 12.8 Å². The van der Waals surface area contributed by atoms with Crippen molar-refractivity contribution in [3.8, 4) is 16.9 Å². The highest BCUT2D eigenvalue weighted by molar-refractivity contribution is 7.99. The van der Waals surface area contributed by atoms with Gasteiger partial charge in [-0.3, -0.25) is 14.5 Å². The predicted octanol–water partition coefficient (Wildman–Crippen LogP) is 4.15. The maximum atomic E-state index is 12.4. The minimum absolute atomic E-state index is 0.0771. The Morgan fingerprint density at radius 3 is 2.71 bits per heavy atom. The third-order valence-electron chi connectivity index (χ3n) is 4.80. The number of aromatic nitrogens is 1. The van der Waals surface area contributed by atoms with E-state index in [1.807, 2.05) is 42.5 Å². The van der Waals surface area contributed by atoms with Gasteiger partial charge in [0.05, 0.1) is 23.4 Å². The number of hydrogen-bond acceptors (Lipinski definition) is 5. The van der Waals surface area contributed by atoms with Crippen LogP contribution in [0.25, 0.3) is 22.0 Å². The van der Waals surface area contributed by atoms with E-state index >= 15 is 0 Å². The lowest BCUT2D eigenvalue weighted by atomic mass is 10.0. The van der Waals surface area contributed by atoms with Crippen LogP contribution in [-0.2, 0) is 9.59 Å². The fourth-order valence-electron chi connectivity index (χ4n) is 3.37. The van der Waals surface area contributed by atoms with E-state index in [1.54, 1.807) is 7.11 Å². The van der Waals surface area contributed by atoms with Crippen LogP contribution in [0.15, 0.2) is 59.6 Å². The van der Waals surface area contributed by atoms with Gasteiger partial charge in [0.25, 0.3) is 0 Å². The number of benzene rings is 2. The second-order valence-corrected chi connectivity index (χ2v) is 7.58. The van der Waals surface area contributed by atoms with Crippen molar-refractivity contribution in [2.24, 2.45) is 0 Å². The Labute approximate surface area is 167 Å². The molecule has 5 nitrogen and oxygen atoms in total. The molecule has 1 fully saturated rings. The SMILES string of the molecule is COc1ccc2c(-c3ccccc3)cc(SCC(=O)N3CCCC3=O)nc2c1. The molecule has 0 saturated carbocycles. The van der Waals surface area contributed by atoms with Gasteiger partial charge < -0.3 is 4.74 Å². The molecule has 4 rings (SSSR count). The number of fused-ring (bicyclic) bond motifs is 1. The van der Waals surface area contributed by atoms with Crippen molar-refractivity contribution in [2.75, 3.05) is 19.4 Å². The predicted molar refractivity (Wildman–Crippen MR) is 110 cm³/mol. The van der Waals surface area contributed by atoms with Crippen molar-refractivity contribution in [1.29, 1.82) is 0 Å². The van der Waals surface area contributed by atoms with Gasteiger partial charge in [0, 0.05) is 24.4 Å². The second-order valence-electron chi connectivity index (χ2n) is 6.59. The zero-order valence-electron chi connectivity index (χ0n) is 15.6. The smallest absolute Gasteiger partial charge is 0.239 e. The summed E-state index contributed by atoms with van der Waals surface area (Å²) in [5.74, 6) is 0.704. The molecular weight excluding hydrogens is 372 g/mol. The molecule has 0 N–H and O–H groups in total. The van der Waals surface area contributed by atoms with Crippen LogP contribution in [0.3, 0.4) is 0 Å². The van der Waals surface area contributed by atoms with Crippen molar-refractivity contribution in [3.05, 3.63) is 54.6 Å². The molecule has 142 valence electrons. The minimum atomic E-state index is -0.152. The highest BCUT2D eigenvalue weighted by Gasteiger charge is 2.26. The molecule has 1 saturated heterocycles. The number of hydrogen-bond donors (Lipinski definition) is 0. The number of imide groups is 1. The first-order valence-electron chi connectivity index (χ1n) is 9.16. The maximum Gasteiger partial charge on any atom is 0.239 e. The quantitative estimate of drug-likeness (QED) is 0.611. The van der Waals surface area contributed by atoms with E-state index in [2.05, 4.69) is 12.1 Å². The lowest BCUT2D eigenvalue weighted by Gasteiger charge is -2.14. The van der Waals surface area contributed by atoms with Crippen LogP contribution < -0.4 is 4.74 Å². The number of carbonyl (C=O) groups excluding carboxylic acids is 2. The molecule has 0 radical (unpaired) electrons. The molecule has 0 aliphatic carbocycles. The van der Waals surface area contributed by atoms with Gasteiger partial charge in [-0.25, -0.2) is 4.98 Å². The first kappa shape index (κ1) is 18.5. The van der Waals surface area contributed by atoms with Gasteiger partial charge in [0.1, 0.15) is 5.75 Å². The van der Waals surface area contributed by atoms with E-state index in [-0.39, 0.29) is 17.6 Å². The molecular formula is C22H20N2O3S. The third kappa shape index (κ3) is 3.73. The molecule has 2 amide bonds. The molecule has 0 atom stereocenters. The Hall–Kier alpha value is -2.86. The van der Waals surface area contributed by atoms with Crippen LogP contribution in [-0.4, -0.2) is 41.1 Å². The maximum absolute atomic E-state index is 12.4. The summed E-state index contributed by atoms with van der Waals surface area (Å²) in [6.07, 6.45) is 1.21. The molecule has 6 heteroatoms. The number of nitrogens with zero attached hydrogens (tertiary/aromatic N) is 2. The molecule has 1 aliphatic rings. The van der Waals surface area contributed by atoms with Crippen LogP contribution in [0.4, 0.5) is 0 Å². The average molecular weight is 392 g/mol. The number of amides is 2. The number of ether oxygens (including phenoxy) is 1. The summed E-state index contributed by atoms with van der Waals surface area (Å²) in [5.41, 5.74) is 2.95. The number of likely N-dealkylation sites (tertiary alicyclic amines) is 1. The molecule has 3 aromatic rings. The first-order valence-corrected chi connectivity index (χ1v) is 10.1. The van der Waals surface area contributed by atoms with Crippen LogP contribution >= 0.6 is 11.8 Å². The molecule has 1 aliphatic heterocycles. The second kappa shape index (κ2) is 8.02. The summed E-state index contributed by atoms with van der Waals surface area (Å²) < 4.78 is 5.34. The molecule has 28 heavy (non-hydrogen) atoms. The minimum Gasteiger partial charge on any atom is -0.497 e. The number of thioether (sulfide) groups is 1. The van der Waals surface area contributed by atoms with Crippen molar-refractivity contribution in [2.45, 2.75) is 17.9 Å². The fourth-order valence-corrected chi connectivity index (χ4v) is 4.16. The van der Waals surface area contributed by atoms with E-state index in [0.29, 0.717) is 13.0 Å². The Balaban J connectivity index is 1.68. The van der Waals surface area contributed by atoms with E-state index in [4.69, 9.17) is 9.72 Å². The number of carbonyl (C=O) groups is 2. The molecule has 0 unspecified atom stereocenters. The fraction of sp³-hybridized carbons (Fsp3) is 0.227. The van der Waals surface area contributed by atoms with Crippen molar-refractivity contribution >= 4 is 34.5 Å². The average Bonchev–Trinajstić information content (AvgIpc) is 3.17. The summed E-state index contributed by atoms with van der Waals surface area (Å²) in [6, 6.07) is 17.9. The van der Waals surface area contributed by atoms with Gasteiger partial charge >= 0.3 is 0 Å². The van der Waals surface area contributed by atoms with Gasteiger partial charge in [0.2, 0.25) is 11.8 Å². The van der Waals surface area contributed by atoms with Gasteiger partial charge in [-0.15, -0.1) is 0 Å². The number of pyridine rings is 1. The lowest BCUT2D eigenvalue weighted by Crippen LogP contribution is -2.33. The van der Waals surface area contributed by atoms with Gasteiger partial charge in [0.15, 0.2) is 0 Å². The van der Waals surface area contributed by atoms with Gasteiger partial charge in [-0.05, 0) is 35.7 Å². The molecule has 0 spiro atoms. The zero-order valence-corrected chi connectivity index (χ0v) is 16.4. The molecule has 0 bridgehead atoms. The van der Waals surface area contributed by atoms with Crippen molar-refractivity contribution in [1.82, 2.24) is 9.88 Å². The summed E-state index contributed by atoms with van der Waals surface area (Å²) in [5, 5.41) is 1.77. The van der Waals surface area contributed by atoms with Crippen LogP contribution in [0.2, 0.25) is 0 Å². The number of methoxy groups -OCH3 is 1. The highest BCUT2D eigenvalue weighted by Crippen LogP contribution is 2.33. The monoisotopic (exact) mass is 392 g/mol. The number of rotatable bonds is 5. The van der Waals surface area contributed by atoms with E-state index in [0.717, 1.165) is 39.2 Å². The Kier molecular flexibility index (Phi) is 5.30. The summed E-state index contributed by atoms with van der Waals surface area (Å²) in [4.78, 5) is 30.2. The lowest BCUT2D eigenvalue weighted by molar-refractivity contribution is -0.140. The normalized spacial score (nSPS) is 13.9. The summed E-state index contributed by atoms with van der Waals surface area (Å²) >= 11 is 1.36. The topological polar surface area (TPSA) is 59.5 Å². The van der Waals surface area contributed by atoms with Crippen LogP contribution in [0, 0.1) is 0 Å². The first-order chi connectivity index (χ1) is 13.7. The van der Waals surface area contributed by atoms with Crippen LogP contribution in [0.5, 0.6) is 5.75 Å². The Morgan fingerprint density at radius 1 is 1.18 bits per heavy atom. The summed E-state index contributed by atoms with van der Waals surface area (Å²) in [6.45, 7) is 0.524. The van der Waals surface area contributed by atoms with E-state index in [9.17, 15) is 9.59 Å². The highest BCUT2D eigenvalue weighted by atomic mass is 32.2. The van der Waals surface area contributed by atoms with Crippen molar-refractivity contribution < 1.29 is 14.3 Å². The van der Waals surface area contributed by atoms with Gasteiger partial charge in [-0.1, -0.05) is 42.1 Å². The third-order valence-corrected chi connectivity index (χ3v) is 5.69. The van der Waals surface area contributed by atoms with Crippen molar-refractivity contribution in [3.63, 3.8) is 0 Å². The largest absolute Gasteiger partial charge is 0.497 e.